The van der Waals surface area contributed by atoms with Gasteiger partial charge in [-0.15, -0.1) is 35.9 Å². The molecule has 2 N–H and O–H groups in total. The first kappa shape index (κ1) is 26.8. The van der Waals surface area contributed by atoms with E-state index in [0.717, 1.165) is 17.1 Å². The Labute approximate surface area is 203 Å². The summed E-state index contributed by atoms with van der Waals surface area (Å²) < 4.78 is 4.98. The molecule has 1 amide bonds. The summed E-state index contributed by atoms with van der Waals surface area (Å²) in [5.74, 6) is 0.282. The van der Waals surface area contributed by atoms with Crippen molar-refractivity contribution in [2.45, 2.75) is 55.3 Å². The lowest BCUT2D eigenvalue weighted by Gasteiger charge is -2.28. The van der Waals surface area contributed by atoms with Gasteiger partial charge in [0.05, 0.1) is 16.7 Å². The Morgan fingerprint density at radius 2 is 1.91 bits per heavy atom. The van der Waals surface area contributed by atoms with Crippen molar-refractivity contribution in [3.05, 3.63) is 35.9 Å². The van der Waals surface area contributed by atoms with Crippen LogP contribution in [-0.2, 0) is 25.5 Å². The molecule has 3 rings (SSSR count). The number of carbonyl (C=O) groups excluding carboxylic acids is 2. The number of hydrogen-bond donors (Lipinski definition) is 2. The van der Waals surface area contributed by atoms with E-state index in [0.29, 0.717) is 25.8 Å². The first-order valence-corrected chi connectivity index (χ1v) is 12.6. The molecule has 2 heterocycles. The van der Waals surface area contributed by atoms with Crippen molar-refractivity contribution < 1.29 is 24.2 Å². The van der Waals surface area contributed by atoms with Crippen LogP contribution in [0.1, 0.15) is 32.3 Å². The number of carboxylic acids is 1. The molecule has 0 aliphatic carbocycles. The maximum atomic E-state index is 13.2. The van der Waals surface area contributed by atoms with Gasteiger partial charge in [0.2, 0.25) is 5.91 Å². The van der Waals surface area contributed by atoms with Gasteiger partial charge in [0.1, 0.15) is 12.1 Å². The van der Waals surface area contributed by atoms with Crippen LogP contribution >= 0.6 is 35.9 Å². The van der Waals surface area contributed by atoms with E-state index in [9.17, 15) is 19.5 Å². The second-order valence-electron chi connectivity index (χ2n) is 7.85. The molecule has 0 aromatic heterocycles. The van der Waals surface area contributed by atoms with Crippen LogP contribution in [0.25, 0.3) is 0 Å². The summed E-state index contributed by atoms with van der Waals surface area (Å²) >= 11 is 3.50. The second-order valence-corrected chi connectivity index (χ2v) is 11.1. The first-order chi connectivity index (χ1) is 14.8. The molecular formula is C22H31ClN2O5S2. The van der Waals surface area contributed by atoms with Crippen molar-refractivity contribution >= 4 is 53.8 Å². The summed E-state index contributed by atoms with van der Waals surface area (Å²) in [6, 6.07) is 7.65. The fourth-order valence-corrected chi connectivity index (χ4v) is 7.34. The summed E-state index contributed by atoms with van der Waals surface area (Å²) in [6.45, 7) is 4.11. The Hall–Kier alpha value is -1.42. The smallest absolute Gasteiger partial charge is 0.326 e. The van der Waals surface area contributed by atoms with Gasteiger partial charge in [0, 0.05) is 24.5 Å². The molecule has 7 nitrogen and oxygen atoms in total. The summed E-state index contributed by atoms with van der Waals surface area (Å²) in [5.41, 5.74) is 1.10. The quantitative estimate of drug-likeness (QED) is 0.498. The van der Waals surface area contributed by atoms with Crippen molar-refractivity contribution in [1.29, 1.82) is 0 Å². The number of nitrogens with one attached hydrogen (secondary N) is 1. The number of aryl methyl sites for hydroxylation is 1. The molecule has 10 heteroatoms. The lowest BCUT2D eigenvalue weighted by molar-refractivity contribution is -0.150. The van der Waals surface area contributed by atoms with Crippen LogP contribution in [0, 0.1) is 0 Å². The zero-order valence-electron chi connectivity index (χ0n) is 18.3. The maximum absolute atomic E-state index is 13.2. The minimum atomic E-state index is -0.975. The summed E-state index contributed by atoms with van der Waals surface area (Å²) in [7, 11) is 0. The Kier molecular flexibility index (Phi) is 10.2. The van der Waals surface area contributed by atoms with Crippen LogP contribution in [0.2, 0.25) is 0 Å². The number of esters is 1. The van der Waals surface area contributed by atoms with E-state index in [1.165, 1.54) is 4.90 Å². The van der Waals surface area contributed by atoms with E-state index in [2.05, 4.69) is 5.32 Å². The number of likely N-dealkylation sites (tertiary alicyclic amines) is 1. The molecule has 2 saturated heterocycles. The zero-order chi connectivity index (χ0) is 22.4. The lowest BCUT2D eigenvalue weighted by Crippen LogP contribution is -2.53. The van der Waals surface area contributed by atoms with Crippen LogP contribution in [-0.4, -0.2) is 74.7 Å². The lowest BCUT2D eigenvalue weighted by atomic mass is 10.0. The fraction of sp³-hybridized carbons (Fsp3) is 0.591. The highest BCUT2D eigenvalue weighted by Gasteiger charge is 2.52. The van der Waals surface area contributed by atoms with Gasteiger partial charge in [0.25, 0.3) is 0 Å². The molecule has 0 radical (unpaired) electrons. The van der Waals surface area contributed by atoms with Crippen molar-refractivity contribution in [3.8, 4) is 0 Å². The van der Waals surface area contributed by atoms with Crippen molar-refractivity contribution in [3.63, 3.8) is 0 Å². The maximum Gasteiger partial charge on any atom is 0.326 e. The minimum Gasteiger partial charge on any atom is -0.480 e. The largest absolute Gasteiger partial charge is 0.480 e. The Morgan fingerprint density at radius 3 is 2.50 bits per heavy atom. The summed E-state index contributed by atoms with van der Waals surface area (Å²) in [4.78, 5) is 39.1. The number of halogens is 1. The van der Waals surface area contributed by atoms with Crippen molar-refractivity contribution in [2.24, 2.45) is 0 Å². The molecule has 2 aliphatic rings. The molecular weight excluding hydrogens is 472 g/mol. The zero-order valence-corrected chi connectivity index (χ0v) is 20.8. The number of carboxylic acid groups (broad SMARTS) is 1. The number of aliphatic carboxylic acids is 1. The van der Waals surface area contributed by atoms with Gasteiger partial charge in [0.15, 0.2) is 0 Å². The van der Waals surface area contributed by atoms with Crippen LogP contribution < -0.4 is 5.32 Å². The van der Waals surface area contributed by atoms with E-state index in [4.69, 9.17) is 4.74 Å². The molecule has 0 saturated carbocycles. The molecule has 0 bridgehead atoms. The highest BCUT2D eigenvalue weighted by molar-refractivity contribution is 8.21. The molecule has 2 unspecified atom stereocenters. The average molecular weight is 503 g/mol. The predicted octanol–water partition coefficient (Wildman–Crippen LogP) is 2.81. The van der Waals surface area contributed by atoms with Crippen molar-refractivity contribution in [1.82, 2.24) is 10.2 Å². The number of hydrogen-bond acceptors (Lipinski definition) is 7. The third kappa shape index (κ3) is 6.56. The summed E-state index contributed by atoms with van der Waals surface area (Å²) in [5, 5.41) is 12.8. The van der Waals surface area contributed by atoms with E-state index in [1.54, 1.807) is 37.4 Å². The van der Waals surface area contributed by atoms with Crippen molar-refractivity contribution in [2.75, 3.05) is 24.7 Å². The fourth-order valence-electron chi connectivity index (χ4n) is 4.09. The number of rotatable bonds is 9. The SMILES string of the molecule is CCOC(=O)C(CCc1ccccc1)NC(C)C(=O)N1CC2(C[C@H]1C(=O)O)SCCS2.Cl. The van der Waals surface area contributed by atoms with Crippen LogP contribution in [0.3, 0.4) is 0 Å². The standard InChI is InChI=1S/C22H30N2O5S2.ClH/c1-3-29-21(28)17(10-9-16-7-5-4-6-8-16)23-15(2)19(25)24-14-22(30-11-12-31-22)13-18(24)20(26)27;/h4-8,15,17-18,23H,3,9-14H2,1-2H3,(H,26,27);1H/t15?,17?,18-;/m0./s1. The topological polar surface area (TPSA) is 95.9 Å². The molecule has 3 atom stereocenters. The monoisotopic (exact) mass is 502 g/mol. The average Bonchev–Trinajstić information content (AvgIpc) is 3.38. The third-order valence-corrected chi connectivity index (χ3v) is 9.06. The molecule has 1 aromatic rings. The number of carbonyl (C=O) groups is 3. The van der Waals surface area contributed by atoms with Crippen LogP contribution in [0.4, 0.5) is 0 Å². The van der Waals surface area contributed by atoms with E-state index in [-0.39, 0.29) is 29.0 Å². The van der Waals surface area contributed by atoms with Gasteiger partial charge in [-0.1, -0.05) is 30.3 Å². The summed E-state index contributed by atoms with van der Waals surface area (Å²) in [6.07, 6.45) is 1.60. The highest BCUT2D eigenvalue weighted by atomic mass is 35.5. The Morgan fingerprint density at radius 1 is 1.25 bits per heavy atom. The van der Waals surface area contributed by atoms with E-state index in [1.807, 2.05) is 30.3 Å². The Balaban J connectivity index is 0.00000363. The number of benzene rings is 1. The third-order valence-electron chi connectivity index (χ3n) is 5.63. The van der Waals surface area contributed by atoms with Gasteiger partial charge >= 0.3 is 11.9 Å². The number of amides is 1. The van der Waals surface area contributed by atoms with Gasteiger partial charge in [-0.25, -0.2) is 4.79 Å². The van der Waals surface area contributed by atoms with Gasteiger partial charge < -0.3 is 14.7 Å². The molecule has 2 fully saturated rings. The Bertz CT molecular complexity index is 792. The second kappa shape index (κ2) is 12.2. The predicted molar refractivity (Wildman–Crippen MR) is 130 cm³/mol. The highest BCUT2D eigenvalue weighted by Crippen LogP contribution is 2.51. The van der Waals surface area contributed by atoms with Gasteiger partial charge in [-0.05, 0) is 32.3 Å². The number of thioether (sulfide) groups is 2. The number of nitrogens with zero attached hydrogens (tertiary/aromatic N) is 1. The molecule has 2 aliphatic heterocycles. The van der Waals surface area contributed by atoms with E-state index < -0.39 is 30.1 Å². The number of ether oxygens (including phenoxy) is 1. The minimum absolute atomic E-state index is 0. The van der Waals surface area contributed by atoms with Crippen LogP contribution in [0.5, 0.6) is 0 Å². The van der Waals surface area contributed by atoms with Gasteiger partial charge in [-0.2, -0.15) is 0 Å². The molecule has 1 spiro atoms. The van der Waals surface area contributed by atoms with Gasteiger partial charge in [-0.3, -0.25) is 14.9 Å². The van der Waals surface area contributed by atoms with E-state index >= 15 is 0 Å². The first-order valence-electron chi connectivity index (χ1n) is 10.6. The van der Waals surface area contributed by atoms with Crippen LogP contribution in [0.15, 0.2) is 30.3 Å². The molecule has 32 heavy (non-hydrogen) atoms. The normalized spacial score (nSPS) is 21.1. The molecule has 1 aromatic carbocycles. The molecule has 178 valence electrons.